The fraction of sp³-hybridized carbons (Fsp3) is 0.214. The molecule has 0 spiro atoms. The van der Waals surface area contributed by atoms with Crippen molar-refractivity contribution in [1.82, 2.24) is 5.32 Å². The van der Waals surface area contributed by atoms with E-state index < -0.39 is 0 Å². The molecule has 2 aromatic rings. The number of nitrogen functional groups attached to an aromatic ring is 1. The zero-order valence-corrected chi connectivity index (χ0v) is 11.8. The molecule has 0 bridgehead atoms. The summed E-state index contributed by atoms with van der Waals surface area (Å²) < 4.78 is 0. The summed E-state index contributed by atoms with van der Waals surface area (Å²) in [5.41, 5.74) is 7.16. The summed E-state index contributed by atoms with van der Waals surface area (Å²) in [4.78, 5) is 12.1. The maximum absolute atomic E-state index is 12.1. The minimum absolute atomic E-state index is 0.126. The molecule has 0 saturated heterocycles. The number of amides is 1. The van der Waals surface area contributed by atoms with Gasteiger partial charge in [-0.3, -0.25) is 10.6 Å². The Kier molecular flexibility index (Phi) is 4.19. The van der Waals surface area contributed by atoms with E-state index in [1.165, 1.54) is 5.56 Å². The molecule has 19 heavy (non-hydrogen) atoms. The molecule has 0 unspecified atom stereocenters. The van der Waals surface area contributed by atoms with Crippen molar-refractivity contribution in [3.8, 4) is 0 Å². The van der Waals surface area contributed by atoms with Gasteiger partial charge in [0.1, 0.15) is 0 Å². The van der Waals surface area contributed by atoms with Gasteiger partial charge >= 0.3 is 0 Å². The van der Waals surface area contributed by atoms with Gasteiger partial charge in [0.05, 0.1) is 11.3 Å². The van der Waals surface area contributed by atoms with Crippen molar-refractivity contribution in [2.45, 2.75) is 20.4 Å². The average molecular weight is 275 g/mol. The molecule has 0 aliphatic heterocycles. The van der Waals surface area contributed by atoms with E-state index in [9.17, 15) is 4.79 Å². The van der Waals surface area contributed by atoms with Crippen molar-refractivity contribution in [3.05, 3.63) is 51.2 Å². The van der Waals surface area contributed by atoms with Crippen LogP contribution in [0.1, 0.15) is 27.0 Å². The van der Waals surface area contributed by atoms with Gasteiger partial charge in [0, 0.05) is 6.54 Å². The van der Waals surface area contributed by atoms with Gasteiger partial charge in [-0.25, -0.2) is 0 Å². The average Bonchev–Trinajstić information content (AvgIpc) is 2.81. The lowest BCUT2D eigenvalue weighted by atomic mass is 10.1. The number of rotatable bonds is 4. The molecule has 100 valence electrons. The second-order valence-corrected chi connectivity index (χ2v) is 5.20. The van der Waals surface area contributed by atoms with Crippen molar-refractivity contribution in [3.63, 3.8) is 0 Å². The normalized spacial score (nSPS) is 10.3. The van der Waals surface area contributed by atoms with Crippen LogP contribution in [0.5, 0.6) is 0 Å². The number of aryl methyl sites for hydroxylation is 2. The highest BCUT2D eigenvalue weighted by Crippen LogP contribution is 2.17. The smallest absolute Gasteiger partial charge is 0.253 e. The van der Waals surface area contributed by atoms with E-state index in [1.54, 1.807) is 17.4 Å². The highest BCUT2D eigenvalue weighted by Gasteiger charge is 2.11. The highest BCUT2D eigenvalue weighted by molar-refractivity contribution is 7.08. The van der Waals surface area contributed by atoms with Gasteiger partial charge in [-0.15, -0.1) is 0 Å². The van der Waals surface area contributed by atoms with E-state index in [0.717, 1.165) is 11.1 Å². The monoisotopic (exact) mass is 275 g/mol. The van der Waals surface area contributed by atoms with Crippen LogP contribution in [0.4, 0.5) is 5.69 Å². The van der Waals surface area contributed by atoms with Crippen LogP contribution in [0.3, 0.4) is 0 Å². The molecular weight excluding hydrogens is 258 g/mol. The second-order valence-electron chi connectivity index (χ2n) is 4.46. The van der Waals surface area contributed by atoms with Gasteiger partial charge < -0.3 is 10.7 Å². The second kappa shape index (κ2) is 5.86. The molecule has 0 aliphatic rings. The van der Waals surface area contributed by atoms with Crippen LogP contribution < -0.4 is 16.6 Å². The molecule has 0 fully saturated rings. The Hall–Kier alpha value is -1.85. The Morgan fingerprint density at radius 3 is 2.74 bits per heavy atom. The molecule has 2 rings (SSSR count). The Morgan fingerprint density at radius 2 is 2.11 bits per heavy atom. The van der Waals surface area contributed by atoms with Crippen LogP contribution in [0.15, 0.2) is 29.0 Å². The molecule has 0 radical (unpaired) electrons. The fourth-order valence-corrected chi connectivity index (χ4v) is 2.67. The van der Waals surface area contributed by atoms with E-state index in [1.807, 2.05) is 31.4 Å². The molecule has 0 atom stereocenters. The standard InChI is InChI=1S/C14H17N3OS/c1-9-3-4-12(13(5-9)17-15)14(18)16-6-11-8-19-7-10(11)2/h3-5,7-8,17H,6,15H2,1-2H3,(H,16,18). The minimum atomic E-state index is -0.126. The molecule has 1 aromatic heterocycles. The molecule has 1 amide bonds. The highest BCUT2D eigenvalue weighted by atomic mass is 32.1. The molecule has 1 heterocycles. The quantitative estimate of drug-likeness (QED) is 0.593. The predicted molar refractivity (Wildman–Crippen MR) is 79.2 cm³/mol. The summed E-state index contributed by atoms with van der Waals surface area (Å²) in [5.74, 6) is 5.32. The van der Waals surface area contributed by atoms with Crippen molar-refractivity contribution in [2.75, 3.05) is 5.43 Å². The third kappa shape index (κ3) is 3.13. The van der Waals surface area contributed by atoms with Gasteiger partial charge in [-0.05, 0) is 53.4 Å². The molecule has 5 heteroatoms. The number of anilines is 1. The zero-order valence-electron chi connectivity index (χ0n) is 11.0. The number of thiophene rings is 1. The van der Waals surface area contributed by atoms with Crippen LogP contribution >= 0.6 is 11.3 Å². The summed E-state index contributed by atoms with van der Waals surface area (Å²) >= 11 is 1.64. The first-order valence-corrected chi connectivity index (χ1v) is 6.93. The molecule has 1 aromatic carbocycles. The summed E-state index contributed by atoms with van der Waals surface area (Å²) in [6.45, 7) is 4.53. The Balaban J connectivity index is 2.10. The number of nitrogens with one attached hydrogen (secondary N) is 2. The first-order valence-electron chi connectivity index (χ1n) is 5.99. The number of nitrogens with two attached hydrogens (primary N) is 1. The molecule has 0 aliphatic carbocycles. The maximum Gasteiger partial charge on any atom is 0.253 e. The van der Waals surface area contributed by atoms with Crippen molar-refractivity contribution < 1.29 is 4.79 Å². The van der Waals surface area contributed by atoms with Crippen LogP contribution in [0, 0.1) is 13.8 Å². The lowest BCUT2D eigenvalue weighted by molar-refractivity contribution is 0.0951. The lowest BCUT2D eigenvalue weighted by Gasteiger charge is -2.10. The number of carbonyl (C=O) groups excluding carboxylic acids is 1. The topological polar surface area (TPSA) is 67.2 Å². The van der Waals surface area contributed by atoms with Gasteiger partial charge in [0.15, 0.2) is 0 Å². The van der Waals surface area contributed by atoms with Crippen molar-refractivity contribution >= 4 is 22.9 Å². The molecule has 0 saturated carbocycles. The van der Waals surface area contributed by atoms with Gasteiger partial charge in [-0.2, -0.15) is 11.3 Å². The first kappa shape index (κ1) is 13.6. The number of benzene rings is 1. The van der Waals surface area contributed by atoms with Crippen LogP contribution in [-0.2, 0) is 6.54 Å². The first-order chi connectivity index (χ1) is 9.11. The van der Waals surface area contributed by atoms with Crippen molar-refractivity contribution in [2.24, 2.45) is 5.84 Å². The van der Waals surface area contributed by atoms with Gasteiger partial charge in [-0.1, -0.05) is 6.07 Å². The van der Waals surface area contributed by atoms with Crippen LogP contribution in [-0.4, -0.2) is 5.91 Å². The van der Waals surface area contributed by atoms with Gasteiger partial charge in [0.25, 0.3) is 5.91 Å². The summed E-state index contributed by atoms with van der Waals surface area (Å²) in [6.07, 6.45) is 0. The Bertz CT molecular complexity index is 592. The largest absolute Gasteiger partial charge is 0.348 e. The van der Waals surface area contributed by atoms with E-state index >= 15 is 0 Å². The minimum Gasteiger partial charge on any atom is -0.348 e. The van der Waals surface area contributed by atoms with E-state index in [2.05, 4.69) is 16.1 Å². The third-order valence-corrected chi connectivity index (χ3v) is 3.89. The molecule has 4 nitrogen and oxygen atoms in total. The SMILES string of the molecule is Cc1ccc(C(=O)NCc2cscc2C)c(NN)c1. The van der Waals surface area contributed by atoms with Crippen LogP contribution in [0.25, 0.3) is 0 Å². The number of hydrogen-bond donors (Lipinski definition) is 3. The van der Waals surface area contributed by atoms with Crippen molar-refractivity contribution in [1.29, 1.82) is 0 Å². The Labute approximate surface area is 116 Å². The van der Waals surface area contributed by atoms with Gasteiger partial charge in [0.2, 0.25) is 0 Å². The zero-order chi connectivity index (χ0) is 13.8. The summed E-state index contributed by atoms with van der Waals surface area (Å²) in [7, 11) is 0. The maximum atomic E-state index is 12.1. The third-order valence-electron chi connectivity index (χ3n) is 2.98. The molecular formula is C14H17N3OS. The Morgan fingerprint density at radius 1 is 1.32 bits per heavy atom. The number of hydrogen-bond acceptors (Lipinski definition) is 4. The summed E-state index contributed by atoms with van der Waals surface area (Å²) in [5, 5.41) is 7.03. The van der Waals surface area contributed by atoms with Crippen LogP contribution in [0.2, 0.25) is 0 Å². The van der Waals surface area contributed by atoms with E-state index in [-0.39, 0.29) is 5.91 Å². The fourth-order valence-electron chi connectivity index (χ4n) is 1.81. The van der Waals surface area contributed by atoms with E-state index in [0.29, 0.717) is 17.8 Å². The summed E-state index contributed by atoms with van der Waals surface area (Å²) in [6, 6.07) is 5.52. The van der Waals surface area contributed by atoms with E-state index in [4.69, 9.17) is 5.84 Å². The predicted octanol–water partition coefficient (Wildman–Crippen LogP) is 2.58. The molecule has 4 N–H and O–H groups in total. The number of hydrazine groups is 1. The lowest BCUT2D eigenvalue weighted by Crippen LogP contribution is -2.25. The number of carbonyl (C=O) groups is 1.